The molecule has 2 heterocycles. The van der Waals surface area contributed by atoms with Crippen LogP contribution in [0.15, 0.2) is 78.0 Å². The molecule has 0 bridgehead atoms. The van der Waals surface area contributed by atoms with Crippen LogP contribution in [0.1, 0.15) is 36.1 Å². The molecular formula is C28H24ClN3O3. The fraction of sp³-hybridized carbons (Fsp3) is 0.179. The summed E-state index contributed by atoms with van der Waals surface area (Å²) in [4.78, 5) is 16.8. The third kappa shape index (κ3) is 4.57. The van der Waals surface area contributed by atoms with E-state index in [1.54, 1.807) is 36.5 Å². The van der Waals surface area contributed by atoms with Crippen LogP contribution in [0.5, 0.6) is 17.2 Å². The molecule has 0 saturated heterocycles. The summed E-state index contributed by atoms with van der Waals surface area (Å²) in [5, 5.41) is 7.65. The molecule has 0 saturated carbocycles. The summed E-state index contributed by atoms with van der Waals surface area (Å²) in [5.74, 6) is 1.66. The average Bonchev–Trinajstić information content (AvgIpc) is 3.30. The van der Waals surface area contributed by atoms with Gasteiger partial charge in [0.2, 0.25) is 5.91 Å². The van der Waals surface area contributed by atoms with Gasteiger partial charge in [0.1, 0.15) is 5.75 Å². The van der Waals surface area contributed by atoms with Crippen molar-refractivity contribution in [1.29, 1.82) is 0 Å². The summed E-state index contributed by atoms with van der Waals surface area (Å²) in [6.45, 7) is 3.58. The lowest BCUT2D eigenvalue weighted by molar-refractivity contribution is -0.130. The van der Waals surface area contributed by atoms with E-state index >= 15 is 0 Å². The van der Waals surface area contributed by atoms with Crippen molar-refractivity contribution in [3.05, 3.63) is 94.6 Å². The van der Waals surface area contributed by atoms with Crippen LogP contribution in [0.3, 0.4) is 0 Å². The molecule has 1 aliphatic heterocycles. The Morgan fingerprint density at radius 2 is 1.80 bits per heavy atom. The summed E-state index contributed by atoms with van der Waals surface area (Å²) in [7, 11) is 1.60. The van der Waals surface area contributed by atoms with E-state index in [0.717, 1.165) is 27.7 Å². The quantitative estimate of drug-likeness (QED) is 0.315. The second-order valence-electron chi connectivity index (χ2n) is 8.48. The molecule has 1 amide bonds. The Hall–Kier alpha value is -3.90. The van der Waals surface area contributed by atoms with E-state index in [0.29, 0.717) is 28.7 Å². The number of methoxy groups -OCH3 is 1. The highest BCUT2D eigenvalue weighted by Gasteiger charge is 2.32. The van der Waals surface area contributed by atoms with E-state index in [1.807, 2.05) is 43.3 Å². The second-order valence-corrected chi connectivity index (χ2v) is 8.92. The zero-order valence-corrected chi connectivity index (χ0v) is 20.4. The Kier molecular flexibility index (Phi) is 6.14. The molecule has 0 N–H and O–H groups in total. The normalized spacial score (nSPS) is 15.3. The predicted octanol–water partition coefficient (Wildman–Crippen LogP) is 6.70. The van der Waals surface area contributed by atoms with E-state index in [2.05, 4.69) is 22.2 Å². The van der Waals surface area contributed by atoms with Crippen molar-refractivity contribution in [1.82, 2.24) is 9.99 Å². The van der Waals surface area contributed by atoms with Crippen molar-refractivity contribution in [2.75, 3.05) is 7.11 Å². The number of hydrogen-bond donors (Lipinski definition) is 0. The zero-order valence-electron chi connectivity index (χ0n) is 19.7. The molecule has 1 atom stereocenters. The Bertz CT molecular complexity index is 1450. The number of aromatic nitrogens is 1. The molecule has 0 aliphatic carbocycles. The Labute approximate surface area is 208 Å². The van der Waals surface area contributed by atoms with E-state index < -0.39 is 0 Å². The number of rotatable bonds is 5. The van der Waals surface area contributed by atoms with Gasteiger partial charge in [0.25, 0.3) is 0 Å². The Morgan fingerprint density at radius 3 is 2.54 bits per heavy atom. The first-order valence-electron chi connectivity index (χ1n) is 11.3. The molecule has 1 unspecified atom stereocenters. The number of fused-ring (bicyclic) bond motifs is 1. The zero-order chi connectivity index (χ0) is 24.5. The van der Waals surface area contributed by atoms with Crippen LogP contribution in [-0.2, 0) is 4.79 Å². The molecule has 0 radical (unpaired) electrons. The molecule has 5 rings (SSSR count). The van der Waals surface area contributed by atoms with Gasteiger partial charge in [-0.2, -0.15) is 5.10 Å². The summed E-state index contributed by atoms with van der Waals surface area (Å²) >= 11 is 6.11. The van der Waals surface area contributed by atoms with E-state index in [-0.39, 0.29) is 11.9 Å². The number of aryl methyl sites for hydroxylation is 1. The first kappa shape index (κ1) is 22.9. The number of ether oxygens (including phenoxy) is 2. The molecule has 1 aliphatic rings. The van der Waals surface area contributed by atoms with Crippen molar-refractivity contribution >= 4 is 34.1 Å². The van der Waals surface area contributed by atoms with Gasteiger partial charge in [0, 0.05) is 30.0 Å². The van der Waals surface area contributed by atoms with Crippen LogP contribution in [0.2, 0.25) is 5.02 Å². The topological polar surface area (TPSA) is 64.0 Å². The maximum atomic E-state index is 12.4. The number of amides is 1. The van der Waals surface area contributed by atoms with Crippen molar-refractivity contribution in [3.8, 4) is 17.2 Å². The fourth-order valence-corrected chi connectivity index (χ4v) is 4.43. The lowest BCUT2D eigenvalue weighted by Gasteiger charge is -2.22. The minimum Gasteiger partial charge on any atom is -0.493 e. The number of hydrazone groups is 1. The van der Waals surface area contributed by atoms with Crippen molar-refractivity contribution in [3.63, 3.8) is 0 Å². The van der Waals surface area contributed by atoms with Crippen molar-refractivity contribution in [2.45, 2.75) is 26.3 Å². The molecular weight excluding hydrogens is 462 g/mol. The molecule has 176 valence electrons. The highest BCUT2D eigenvalue weighted by molar-refractivity contribution is 6.31. The van der Waals surface area contributed by atoms with Gasteiger partial charge in [-0.15, -0.1) is 0 Å². The summed E-state index contributed by atoms with van der Waals surface area (Å²) in [6.07, 6.45) is 2.30. The van der Waals surface area contributed by atoms with Crippen LogP contribution in [-0.4, -0.2) is 28.7 Å². The van der Waals surface area contributed by atoms with E-state index in [9.17, 15) is 4.79 Å². The predicted molar refractivity (Wildman–Crippen MR) is 137 cm³/mol. The van der Waals surface area contributed by atoms with E-state index in [4.69, 9.17) is 21.1 Å². The number of benzene rings is 3. The van der Waals surface area contributed by atoms with Gasteiger partial charge in [-0.05, 0) is 54.4 Å². The lowest BCUT2D eigenvalue weighted by Crippen LogP contribution is -2.24. The first-order chi connectivity index (χ1) is 16.9. The molecule has 3 aromatic carbocycles. The van der Waals surface area contributed by atoms with Gasteiger partial charge < -0.3 is 9.47 Å². The Balaban J connectivity index is 1.45. The van der Waals surface area contributed by atoms with Gasteiger partial charge >= 0.3 is 0 Å². The summed E-state index contributed by atoms with van der Waals surface area (Å²) < 4.78 is 11.9. The smallest absolute Gasteiger partial charge is 0.240 e. The molecule has 6 nitrogen and oxygen atoms in total. The number of carbonyl (C=O) groups excluding carboxylic acids is 1. The van der Waals surface area contributed by atoms with Gasteiger partial charge in [-0.25, -0.2) is 5.01 Å². The van der Waals surface area contributed by atoms with Crippen LogP contribution >= 0.6 is 11.6 Å². The monoisotopic (exact) mass is 485 g/mol. The van der Waals surface area contributed by atoms with Crippen LogP contribution in [0, 0.1) is 6.92 Å². The maximum Gasteiger partial charge on any atom is 0.240 e. The summed E-state index contributed by atoms with van der Waals surface area (Å²) in [5.41, 5.74) is 4.74. The first-order valence-corrected chi connectivity index (χ1v) is 11.6. The van der Waals surface area contributed by atoms with Gasteiger partial charge in [0.15, 0.2) is 11.5 Å². The number of hydrogen-bond acceptors (Lipinski definition) is 5. The Morgan fingerprint density at radius 1 is 1.00 bits per heavy atom. The molecule has 0 fully saturated rings. The standard InChI is InChI=1S/C28H24ClN3O3/c1-17-4-6-19(7-5-17)23-16-25(32(31-23)18(2)33)20-8-11-27(28(14-20)34-3)35-26-12-13-30-24-15-21(29)9-10-22(24)26/h4-15,25H,16H2,1-3H3. The average molecular weight is 486 g/mol. The SMILES string of the molecule is COc1cc(C2CC(c3ccc(C)cc3)=NN2C(C)=O)ccc1Oc1ccnc2cc(Cl)ccc12. The maximum absolute atomic E-state index is 12.4. The number of halogens is 1. The minimum absolute atomic E-state index is 0.113. The fourth-order valence-electron chi connectivity index (χ4n) is 4.26. The van der Waals surface area contributed by atoms with Gasteiger partial charge in [-0.1, -0.05) is 47.5 Å². The number of pyridine rings is 1. The van der Waals surface area contributed by atoms with Crippen molar-refractivity contribution < 1.29 is 14.3 Å². The third-order valence-electron chi connectivity index (χ3n) is 6.07. The van der Waals surface area contributed by atoms with Gasteiger partial charge in [-0.3, -0.25) is 9.78 Å². The van der Waals surface area contributed by atoms with Gasteiger partial charge in [0.05, 0.1) is 24.4 Å². The highest BCUT2D eigenvalue weighted by atomic mass is 35.5. The molecule has 1 aromatic heterocycles. The lowest BCUT2D eigenvalue weighted by atomic mass is 9.97. The molecule has 0 spiro atoms. The number of nitrogens with zero attached hydrogens (tertiary/aromatic N) is 3. The van der Waals surface area contributed by atoms with E-state index in [1.165, 1.54) is 12.5 Å². The molecule has 35 heavy (non-hydrogen) atoms. The molecule has 7 heteroatoms. The van der Waals surface area contributed by atoms with Crippen LogP contribution in [0.25, 0.3) is 10.9 Å². The molecule has 4 aromatic rings. The number of carbonyl (C=O) groups is 1. The van der Waals surface area contributed by atoms with Crippen LogP contribution < -0.4 is 9.47 Å². The summed E-state index contributed by atoms with van der Waals surface area (Å²) in [6, 6.07) is 21.0. The van der Waals surface area contributed by atoms with Crippen molar-refractivity contribution in [2.24, 2.45) is 5.10 Å². The minimum atomic E-state index is -0.226. The largest absolute Gasteiger partial charge is 0.493 e. The highest BCUT2D eigenvalue weighted by Crippen LogP contribution is 2.40. The second kappa shape index (κ2) is 9.39. The third-order valence-corrected chi connectivity index (χ3v) is 6.31. The van der Waals surface area contributed by atoms with Crippen LogP contribution in [0.4, 0.5) is 0 Å².